The zero-order chi connectivity index (χ0) is 13.8. The van der Waals surface area contributed by atoms with E-state index in [4.69, 9.17) is 5.73 Å². The second-order valence-electron chi connectivity index (χ2n) is 6.87. The van der Waals surface area contributed by atoms with Crippen molar-refractivity contribution in [2.24, 2.45) is 23.0 Å². The van der Waals surface area contributed by atoms with E-state index in [-0.39, 0.29) is 17.2 Å². The summed E-state index contributed by atoms with van der Waals surface area (Å²) in [6, 6.07) is 0. The molecule has 1 unspecified atom stereocenters. The van der Waals surface area contributed by atoms with E-state index in [0.29, 0.717) is 6.54 Å². The summed E-state index contributed by atoms with van der Waals surface area (Å²) in [5, 5.41) is 0. The first-order valence-electron chi connectivity index (χ1n) is 7.36. The number of hydrogen-bond donors (Lipinski definition) is 1. The number of carbonyl (C=O) groups excluding carboxylic acids is 1. The van der Waals surface area contributed by atoms with Gasteiger partial charge in [-0.2, -0.15) is 0 Å². The lowest BCUT2D eigenvalue weighted by Crippen LogP contribution is -2.44. The number of likely N-dealkylation sites (tertiary alicyclic amines) is 1. The van der Waals surface area contributed by atoms with Crippen molar-refractivity contribution in [1.29, 1.82) is 0 Å². The lowest BCUT2D eigenvalue weighted by molar-refractivity contribution is -0.137. The lowest BCUT2D eigenvalue weighted by Gasteiger charge is -2.35. The molecule has 106 valence electrons. The fraction of sp³-hybridized carbons (Fsp3) is 0.933. The Balaban J connectivity index is 2.52. The van der Waals surface area contributed by atoms with Gasteiger partial charge < -0.3 is 10.6 Å². The van der Waals surface area contributed by atoms with Gasteiger partial charge in [0.15, 0.2) is 0 Å². The molecule has 3 nitrogen and oxygen atoms in total. The first-order valence-corrected chi connectivity index (χ1v) is 7.36. The van der Waals surface area contributed by atoms with Gasteiger partial charge in [0.2, 0.25) is 5.91 Å². The Morgan fingerprint density at radius 2 is 1.89 bits per heavy atom. The molecule has 1 atom stereocenters. The highest BCUT2D eigenvalue weighted by Gasteiger charge is 2.29. The van der Waals surface area contributed by atoms with E-state index in [0.717, 1.165) is 38.3 Å². The first kappa shape index (κ1) is 15.5. The van der Waals surface area contributed by atoms with Gasteiger partial charge in [-0.1, -0.05) is 34.1 Å². The molecule has 3 heteroatoms. The number of carbonyl (C=O) groups is 1. The Bertz CT molecular complexity index is 262. The summed E-state index contributed by atoms with van der Waals surface area (Å²) in [6.45, 7) is 11.1. The summed E-state index contributed by atoms with van der Waals surface area (Å²) >= 11 is 0. The van der Waals surface area contributed by atoms with Gasteiger partial charge in [-0.05, 0) is 30.6 Å². The molecule has 0 radical (unpaired) electrons. The van der Waals surface area contributed by atoms with Crippen LogP contribution >= 0.6 is 0 Å². The van der Waals surface area contributed by atoms with Crippen molar-refractivity contribution in [1.82, 2.24) is 4.90 Å². The number of rotatable bonds is 4. The maximum absolute atomic E-state index is 12.4. The van der Waals surface area contributed by atoms with Crippen LogP contribution in [0.1, 0.15) is 53.4 Å². The molecule has 0 spiro atoms. The van der Waals surface area contributed by atoms with Crippen LogP contribution in [0.5, 0.6) is 0 Å². The van der Waals surface area contributed by atoms with E-state index in [2.05, 4.69) is 27.7 Å². The monoisotopic (exact) mass is 254 g/mol. The third kappa shape index (κ3) is 4.60. The zero-order valence-electron chi connectivity index (χ0n) is 12.5. The van der Waals surface area contributed by atoms with E-state index < -0.39 is 0 Å². The van der Waals surface area contributed by atoms with E-state index in [1.165, 1.54) is 6.42 Å². The van der Waals surface area contributed by atoms with Crippen molar-refractivity contribution in [3.8, 4) is 0 Å². The van der Waals surface area contributed by atoms with Gasteiger partial charge in [0, 0.05) is 19.6 Å². The highest BCUT2D eigenvalue weighted by Crippen LogP contribution is 2.27. The summed E-state index contributed by atoms with van der Waals surface area (Å²) in [7, 11) is 0. The van der Waals surface area contributed by atoms with Crippen molar-refractivity contribution in [3.63, 3.8) is 0 Å². The smallest absolute Gasteiger partial charge is 0.226 e. The van der Waals surface area contributed by atoms with Gasteiger partial charge in [0.1, 0.15) is 0 Å². The van der Waals surface area contributed by atoms with Crippen molar-refractivity contribution >= 4 is 5.91 Å². The van der Waals surface area contributed by atoms with Gasteiger partial charge in [0.05, 0.1) is 5.92 Å². The highest BCUT2D eigenvalue weighted by molar-refractivity contribution is 5.79. The number of piperidine rings is 1. The summed E-state index contributed by atoms with van der Waals surface area (Å²) in [5.41, 5.74) is 5.96. The Morgan fingerprint density at radius 3 is 2.28 bits per heavy atom. The van der Waals surface area contributed by atoms with Crippen LogP contribution < -0.4 is 5.73 Å². The SMILES string of the molecule is CCC1CCN(C(=O)C(CN)CC(C)(C)C)CC1. The van der Waals surface area contributed by atoms with Gasteiger partial charge in [-0.15, -0.1) is 0 Å². The number of nitrogens with zero attached hydrogens (tertiary/aromatic N) is 1. The number of hydrogen-bond acceptors (Lipinski definition) is 2. The molecule has 1 rings (SSSR count). The summed E-state index contributed by atoms with van der Waals surface area (Å²) in [4.78, 5) is 14.5. The van der Waals surface area contributed by atoms with Gasteiger partial charge >= 0.3 is 0 Å². The molecule has 1 fully saturated rings. The number of amides is 1. The predicted octanol–water partition coefficient (Wildman–Crippen LogP) is 2.65. The Labute approximate surface area is 112 Å². The van der Waals surface area contributed by atoms with E-state index in [1.807, 2.05) is 4.90 Å². The molecule has 0 aromatic rings. The predicted molar refractivity (Wildman–Crippen MR) is 76.2 cm³/mol. The van der Waals surface area contributed by atoms with Crippen molar-refractivity contribution in [2.75, 3.05) is 19.6 Å². The minimum absolute atomic E-state index is 0.00294. The standard InChI is InChI=1S/C15H30N2O/c1-5-12-6-8-17(9-7-12)14(18)13(11-16)10-15(2,3)4/h12-13H,5-11,16H2,1-4H3. The molecule has 1 aliphatic heterocycles. The van der Waals surface area contributed by atoms with Gasteiger partial charge in [-0.25, -0.2) is 0 Å². The molecule has 1 aliphatic rings. The summed E-state index contributed by atoms with van der Waals surface area (Å²) in [5.74, 6) is 1.10. The van der Waals surface area contributed by atoms with Crippen LogP contribution in [-0.2, 0) is 4.79 Å². The van der Waals surface area contributed by atoms with Crippen LogP contribution in [0.15, 0.2) is 0 Å². The molecule has 0 aromatic carbocycles. The Kier molecular flexibility index (Phi) is 5.64. The minimum atomic E-state index is 0.00294. The molecule has 0 aliphatic carbocycles. The maximum atomic E-state index is 12.4. The Morgan fingerprint density at radius 1 is 1.33 bits per heavy atom. The average molecular weight is 254 g/mol. The fourth-order valence-electron chi connectivity index (χ4n) is 2.83. The molecule has 1 heterocycles. The van der Waals surface area contributed by atoms with Crippen LogP contribution in [0.2, 0.25) is 0 Å². The lowest BCUT2D eigenvalue weighted by atomic mass is 9.83. The fourth-order valence-corrected chi connectivity index (χ4v) is 2.83. The molecular weight excluding hydrogens is 224 g/mol. The van der Waals surface area contributed by atoms with E-state index in [9.17, 15) is 4.79 Å². The van der Waals surface area contributed by atoms with E-state index in [1.54, 1.807) is 0 Å². The van der Waals surface area contributed by atoms with Crippen LogP contribution in [0.4, 0.5) is 0 Å². The van der Waals surface area contributed by atoms with Gasteiger partial charge in [-0.3, -0.25) is 4.79 Å². The minimum Gasteiger partial charge on any atom is -0.342 e. The van der Waals surface area contributed by atoms with Gasteiger partial charge in [0.25, 0.3) is 0 Å². The molecule has 0 aromatic heterocycles. The highest BCUT2D eigenvalue weighted by atomic mass is 16.2. The van der Waals surface area contributed by atoms with Crippen molar-refractivity contribution in [2.45, 2.75) is 53.4 Å². The molecular formula is C15H30N2O. The maximum Gasteiger partial charge on any atom is 0.226 e. The normalized spacial score (nSPS) is 19.9. The topological polar surface area (TPSA) is 46.3 Å². The second-order valence-corrected chi connectivity index (χ2v) is 6.87. The van der Waals surface area contributed by atoms with Crippen molar-refractivity contribution < 1.29 is 4.79 Å². The third-order valence-electron chi connectivity index (χ3n) is 4.00. The van der Waals surface area contributed by atoms with Crippen molar-refractivity contribution in [3.05, 3.63) is 0 Å². The number of nitrogens with two attached hydrogens (primary N) is 1. The van der Waals surface area contributed by atoms with Crippen LogP contribution in [0.3, 0.4) is 0 Å². The quantitative estimate of drug-likeness (QED) is 0.838. The van der Waals surface area contributed by atoms with Crippen LogP contribution in [0.25, 0.3) is 0 Å². The van der Waals surface area contributed by atoms with Crippen LogP contribution in [0, 0.1) is 17.3 Å². The summed E-state index contributed by atoms with van der Waals surface area (Å²) in [6.07, 6.45) is 4.45. The summed E-state index contributed by atoms with van der Waals surface area (Å²) < 4.78 is 0. The Hall–Kier alpha value is -0.570. The molecule has 0 bridgehead atoms. The van der Waals surface area contributed by atoms with E-state index >= 15 is 0 Å². The molecule has 18 heavy (non-hydrogen) atoms. The molecule has 1 amide bonds. The molecule has 2 N–H and O–H groups in total. The molecule has 1 saturated heterocycles. The van der Waals surface area contributed by atoms with Crippen LogP contribution in [-0.4, -0.2) is 30.4 Å². The second kappa shape index (κ2) is 6.55. The molecule has 0 saturated carbocycles. The largest absolute Gasteiger partial charge is 0.342 e. The third-order valence-corrected chi connectivity index (χ3v) is 4.00. The first-order chi connectivity index (χ1) is 8.37. The zero-order valence-corrected chi connectivity index (χ0v) is 12.5. The average Bonchev–Trinajstić information content (AvgIpc) is 2.34.